The van der Waals surface area contributed by atoms with E-state index in [1.54, 1.807) is 18.2 Å². The number of likely N-dealkylation sites (tertiary alicyclic amines) is 1. The fourth-order valence-corrected chi connectivity index (χ4v) is 4.09. The van der Waals surface area contributed by atoms with Gasteiger partial charge in [0.05, 0.1) is 25.8 Å². The molecular formula is C23H27BrN2O4. The average molecular weight is 475 g/mol. The molecule has 1 aliphatic rings. The molecule has 1 fully saturated rings. The lowest BCUT2D eigenvalue weighted by molar-refractivity contribution is -0.131. The van der Waals surface area contributed by atoms with E-state index in [-0.39, 0.29) is 24.4 Å². The molecular weight excluding hydrogens is 448 g/mol. The number of nitrogens with zero attached hydrogens (tertiary/aromatic N) is 1. The number of ether oxygens (including phenoxy) is 2. The number of halogens is 1. The summed E-state index contributed by atoms with van der Waals surface area (Å²) in [5.74, 6) is 0.723. The zero-order valence-corrected chi connectivity index (χ0v) is 18.9. The van der Waals surface area contributed by atoms with E-state index in [1.165, 1.54) is 0 Å². The Balaban J connectivity index is 1.64. The zero-order chi connectivity index (χ0) is 21.5. The van der Waals surface area contributed by atoms with Crippen molar-refractivity contribution in [2.75, 3.05) is 26.3 Å². The molecule has 1 atom stereocenters. The number of carbonyl (C=O) groups excluding carboxylic acids is 2. The number of amides is 2. The van der Waals surface area contributed by atoms with Gasteiger partial charge in [-0.3, -0.25) is 9.59 Å². The highest BCUT2D eigenvalue weighted by molar-refractivity contribution is 9.10. The predicted molar refractivity (Wildman–Crippen MR) is 119 cm³/mol. The SMILES string of the molecule is CCOc1ccc(C(=O)NCC(=O)N2CCCC2c2cccc(Br)c2)cc1OCC. The van der Waals surface area contributed by atoms with Crippen molar-refractivity contribution in [2.45, 2.75) is 32.7 Å². The van der Waals surface area contributed by atoms with E-state index in [9.17, 15) is 9.59 Å². The van der Waals surface area contributed by atoms with Crippen LogP contribution < -0.4 is 14.8 Å². The van der Waals surface area contributed by atoms with Crippen LogP contribution in [0.5, 0.6) is 11.5 Å². The summed E-state index contributed by atoms with van der Waals surface area (Å²) in [6, 6.07) is 13.1. The second-order valence-electron chi connectivity index (χ2n) is 7.01. The van der Waals surface area contributed by atoms with Crippen LogP contribution in [-0.4, -0.2) is 43.0 Å². The van der Waals surface area contributed by atoms with Crippen molar-refractivity contribution in [3.8, 4) is 11.5 Å². The highest BCUT2D eigenvalue weighted by atomic mass is 79.9. The van der Waals surface area contributed by atoms with Gasteiger partial charge in [-0.15, -0.1) is 0 Å². The molecule has 1 N–H and O–H groups in total. The maximum absolute atomic E-state index is 12.8. The predicted octanol–water partition coefficient (Wildman–Crippen LogP) is 4.34. The van der Waals surface area contributed by atoms with Crippen molar-refractivity contribution in [3.05, 3.63) is 58.1 Å². The lowest BCUT2D eigenvalue weighted by Crippen LogP contribution is -2.39. The van der Waals surface area contributed by atoms with Crippen molar-refractivity contribution in [2.24, 2.45) is 0 Å². The third kappa shape index (κ3) is 5.33. The molecule has 0 aliphatic carbocycles. The molecule has 7 heteroatoms. The molecule has 0 radical (unpaired) electrons. The maximum atomic E-state index is 12.8. The Morgan fingerprint density at radius 2 is 1.87 bits per heavy atom. The van der Waals surface area contributed by atoms with Gasteiger partial charge >= 0.3 is 0 Å². The van der Waals surface area contributed by atoms with Crippen molar-refractivity contribution in [3.63, 3.8) is 0 Å². The summed E-state index contributed by atoms with van der Waals surface area (Å²) < 4.78 is 12.1. The minimum Gasteiger partial charge on any atom is -0.490 e. The normalized spacial score (nSPS) is 15.7. The Kier molecular flexibility index (Phi) is 7.74. The van der Waals surface area contributed by atoms with E-state index in [0.29, 0.717) is 36.8 Å². The largest absolute Gasteiger partial charge is 0.490 e. The van der Waals surface area contributed by atoms with Gasteiger partial charge in [0.25, 0.3) is 5.91 Å². The summed E-state index contributed by atoms with van der Waals surface area (Å²) in [5.41, 5.74) is 1.54. The summed E-state index contributed by atoms with van der Waals surface area (Å²) in [6.45, 7) is 5.40. The first kappa shape index (κ1) is 22.2. The van der Waals surface area contributed by atoms with Gasteiger partial charge in [0.2, 0.25) is 5.91 Å². The molecule has 2 aromatic rings. The smallest absolute Gasteiger partial charge is 0.251 e. The van der Waals surface area contributed by atoms with Gasteiger partial charge in [0.15, 0.2) is 11.5 Å². The van der Waals surface area contributed by atoms with Crippen LogP contribution in [0.25, 0.3) is 0 Å². The minimum absolute atomic E-state index is 0.0412. The third-order valence-electron chi connectivity index (χ3n) is 5.01. The second kappa shape index (κ2) is 10.5. The van der Waals surface area contributed by atoms with Gasteiger partial charge in [-0.05, 0) is 62.6 Å². The Labute approximate surface area is 185 Å². The summed E-state index contributed by atoms with van der Waals surface area (Å²) >= 11 is 3.49. The minimum atomic E-state index is -0.314. The monoisotopic (exact) mass is 474 g/mol. The molecule has 1 aliphatic heterocycles. The number of carbonyl (C=O) groups is 2. The van der Waals surface area contributed by atoms with Gasteiger partial charge in [0.1, 0.15) is 0 Å². The Morgan fingerprint density at radius 1 is 1.10 bits per heavy atom. The molecule has 0 saturated carbocycles. The Bertz CT molecular complexity index is 903. The number of benzene rings is 2. The number of nitrogens with one attached hydrogen (secondary N) is 1. The van der Waals surface area contributed by atoms with Crippen molar-refractivity contribution in [1.82, 2.24) is 10.2 Å². The topological polar surface area (TPSA) is 67.9 Å². The summed E-state index contributed by atoms with van der Waals surface area (Å²) in [4.78, 5) is 27.3. The molecule has 3 rings (SSSR count). The van der Waals surface area contributed by atoms with Gasteiger partial charge in [-0.25, -0.2) is 0 Å². The van der Waals surface area contributed by atoms with Crippen molar-refractivity contribution in [1.29, 1.82) is 0 Å². The van der Waals surface area contributed by atoms with Crippen LogP contribution in [0.2, 0.25) is 0 Å². The first-order valence-electron chi connectivity index (χ1n) is 10.3. The second-order valence-corrected chi connectivity index (χ2v) is 7.93. The highest BCUT2D eigenvalue weighted by Gasteiger charge is 2.30. The summed E-state index contributed by atoms with van der Waals surface area (Å²) in [7, 11) is 0. The van der Waals surface area contributed by atoms with Crippen molar-refractivity contribution < 1.29 is 19.1 Å². The van der Waals surface area contributed by atoms with Gasteiger partial charge < -0.3 is 19.7 Å². The number of hydrogen-bond acceptors (Lipinski definition) is 4. The zero-order valence-electron chi connectivity index (χ0n) is 17.3. The lowest BCUT2D eigenvalue weighted by Gasteiger charge is -2.25. The lowest BCUT2D eigenvalue weighted by atomic mass is 10.0. The van der Waals surface area contributed by atoms with Crippen molar-refractivity contribution >= 4 is 27.7 Å². The molecule has 30 heavy (non-hydrogen) atoms. The van der Waals surface area contributed by atoms with Crippen LogP contribution in [-0.2, 0) is 4.79 Å². The fraction of sp³-hybridized carbons (Fsp3) is 0.391. The van der Waals surface area contributed by atoms with Gasteiger partial charge in [-0.2, -0.15) is 0 Å². The molecule has 1 heterocycles. The quantitative estimate of drug-likeness (QED) is 0.617. The van der Waals surface area contributed by atoms with E-state index < -0.39 is 0 Å². The Hall–Kier alpha value is -2.54. The highest BCUT2D eigenvalue weighted by Crippen LogP contribution is 2.33. The van der Waals surface area contributed by atoms with Crippen LogP contribution >= 0.6 is 15.9 Å². The molecule has 0 aromatic heterocycles. The summed E-state index contributed by atoms with van der Waals surface area (Å²) in [6.07, 6.45) is 1.88. The molecule has 0 bridgehead atoms. The number of rotatable bonds is 8. The van der Waals surface area contributed by atoms with Crippen LogP contribution in [0.4, 0.5) is 0 Å². The molecule has 2 aromatic carbocycles. The van der Waals surface area contributed by atoms with Crippen LogP contribution in [0.1, 0.15) is 48.7 Å². The van der Waals surface area contributed by atoms with E-state index >= 15 is 0 Å². The van der Waals surface area contributed by atoms with E-state index in [4.69, 9.17) is 9.47 Å². The van der Waals surface area contributed by atoms with E-state index in [0.717, 1.165) is 22.9 Å². The molecule has 1 unspecified atom stereocenters. The van der Waals surface area contributed by atoms with E-state index in [2.05, 4.69) is 21.2 Å². The van der Waals surface area contributed by atoms with Gasteiger partial charge in [-0.1, -0.05) is 28.1 Å². The first-order chi connectivity index (χ1) is 14.5. The average Bonchev–Trinajstić information content (AvgIpc) is 3.23. The van der Waals surface area contributed by atoms with E-state index in [1.807, 2.05) is 43.0 Å². The van der Waals surface area contributed by atoms with Crippen LogP contribution in [0, 0.1) is 0 Å². The summed E-state index contributed by atoms with van der Waals surface area (Å²) in [5, 5.41) is 2.74. The fourth-order valence-electron chi connectivity index (χ4n) is 3.68. The number of hydrogen-bond donors (Lipinski definition) is 1. The van der Waals surface area contributed by atoms with Gasteiger partial charge in [0, 0.05) is 16.6 Å². The molecule has 6 nitrogen and oxygen atoms in total. The molecule has 1 saturated heterocycles. The maximum Gasteiger partial charge on any atom is 0.251 e. The standard InChI is InChI=1S/C23H27BrN2O4/c1-3-29-20-11-10-17(14-21(20)30-4-2)23(28)25-15-22(27)26-12-6-9-19(26)16-7-5-8-18(24)13-16/h5,7-8,10-11,13-14,19H,3-4,6,9,12,15H2,1-2H3,(H,25,28). The third-order valence-corrected chi connectivity index (χ3v) is 5.51. The molecule has 2 amide bonds. The Morgan fingerprint density at radius 3 is 2.60 bits per heavy atom. The molecule has 160 valence electrons. The molecule has 0 spiro atoms. The van der Waals surface area contributed by atoms with Crippen LogP contribution in [0.3, 0.4) is 0 Å². The van der Waals surface area contributed by atoms with Crippen LogP contribution in [0.15, 0.2) is 46.9 Å². The first-order valence-corrected chi connectivity index (χ1v) is 11.1.